The number of hydrogen-bond donors (Lipinski definition) is 2. The molecule has 1 aromatic carbocycles. The Morgan fingerprint density at radius 1 is 1.21 bits per heavy atom. The summed E-state index contributed by atoms with van der Waals surface area (Å²) in [4.78, 5) is 35.7. The average Bonchev–Trinajstić information content (AvgIpc) is 2.37. The molecule has 2 N–H and O–H groups in total. The number of nitrogens with zero attached hydrogens (tertiary/aromatic N) is 1. The van der Waals surface area contributed by atoms with E-state index in [4.69, 9.17) is 5.11 Å². The van der Waals surface area contributed by atoms with Gasteiger partial charge in [-0.3, -0.25) is 9.59 Å². The molecule has 1 rings (SSSR count). The highest BCUT2D eigenvalue weighted by molar-refractivity contribution is 5.99. The lowest BCUT2D eigenvalue weighted by Crippen LogP contribution is -2.44. The second kappa shape index (κ2) is 5.99. The lowest BCUT2D eigenvalue weighted by molar-refractivity contribution is -0.130. The second-order valence-electron chi connectivity index (χ2n) is 4.31. The fourth-order valence-corrected chi connectivity index (χ4v) is 1.52. The van der Waals surface area contributed by atoms with Crippen molar-refractivity contribution in [3.8, 4) is 0 Å². The first-order valence-corrected chi connectivity index (χ1v) is 5.68. The molecule has 0 bridgehead atoms. The van der Waals surface area contributed by atoms with Crippen LogP contribution in [0.2, 0.25) is 0 Å². The van der Waals surface area contributed by atoms with Gasteiger partial charge in [-0.05, 0) is 25.1 Å². The SMILES string of the molecule is CC(NC(=O)c1cccc(C(=O)O)c1)C(=O)N(C)C. The first kappa shape index (κ1) is 14.7. The third kappa shape index (κ3) is 3.80. The predicted octanol–water partition coefficient (Wildman–Crippen LogP) is 0.591. The highest BCUT2D eigenvalue weighted by Gasteiger charge is 2.18. The number of carbonyl (C=O) groups is 3. The van der Waals surface area contributed by atoms with Crippen LogP contribution >= 0.6 is 0 Å². The van der Waals surface area contributed by atoms with Crippen molar-refractivity contribution < 1.29 is 19.5 Å². The van der Waals surface area contributed by atoms with E-state index in [0.717, 1.165) is 0 Å². The van der Waals surface area contributed by atoms with E-state index in [-0.39, 0.29) is 17.0 Å². The lowest BCUT2D eigenvalue weighted by Gasteiger charge is -2.18. The Morgan fingerprint density at radius 3 is 2.32 bits per heavy atom. The van der Waals surface area contributed by atoms with Gasteiger partial charge in [0.1, 0.15) is 6.04 Å². The van der Waals surface area contributed by atoms with Crippen molar-refractivity contribution in [3.05, 3.63) is 35.4 Å². The van der Waals surface area contributed by atoms with E-state index in [9.17, 15) is 14.4 Å². The van der Waals surface area contributed by atoms with Gasteiger partial charge in [-0.25, -0.2) is 4.79 Å². The maximum Gasteiger partial charge on any atom is 0.335 e. The van der Waals surface area contributed by atoms with Gasteiger partial charge in [-0.1, -0.05) is 6.07 Å². The zero-order valence-electron chi connectivity index (χ0n) is 11.0. The van der Waals surface area contributed by atoms with E-state index < -0.39 is 17.9 Å². The summed E-state index contributed by atoms with van der Waals surface area (Å²) >= 11 is 0. The van der Waals surface area contributed by atoms with Crippen molar-refractivity contribution in [3.63, 3.8) is 0 Å². The topological polar surface area (TPSA) is 86.7 Å². The molecule has 6 nitrogen and oxygen atoms in total. The Bertz CT molecular complexity index is 511. The molecule has 0 saturated heterocycles. The smallest absolute Gasteiger partial charge is 0.335 e. The Morgan fingerprint density at radius 2 is 1.79 bits per heavy atom. The van der Waals surface area contributed by atoms with E-state index in [1.807, 2.05) is 0 Å². The lowest BCUT2D eigenvalue weighted by atomic mass is 10.1. The molecule has 0 radical (unpaired) electrons. The predicted molar refractivity (Wildman–Crippen MR) is 69.0 cm³/mol. The fraction of sp³-hybridized carbons (Fsp3) is 0.308. The van der Waals surface area contributed by atoms with Crippen LogP contribution in [0.4, 0.5) is 0 Å². The van der Waals surface area contributed by atoms with Crippen molar-refractivity contribution in [1.29, 1.82) is 0 Å². The second-order valence-corrected chi connectivity index (χ2v) is 4.31. The molecule has 102 valence electrons. The number of carboxylic acids is 1. The molecule has 0 spiro atoms. The minimum Gasteiger partial charge on any atom is -0.478 e. The molecule has 0 aliphatic carbocycles. The molecule has 1 atom stereocenters. The number of nitrogens with one attached hydrogen (secondary N) is 1. The molecule has 0 fully saturated rings. The van der Waals surface area contributed by atoms with Gasteiger partial charge in [0.15, 0.2) is 0 Å². The van der Waals surface area contributed by atoms with Crippen LogP contribution in [-0.4, -0.2) is 47.9 Å². The Balaban J connectivity index is 2.81. The van der Waals surface area contributed by atoms with Crippen molar-refractivity contribution >= 4 is 17.8 Å². The molecule has 0 aliphatic rings. The van der Waals surface area contributed by atoms with Crippen LogP contribution in [0.5, 0.6) is 0 Å². The van der Waals surface area contributed by atoms with Crippen molar-refractivity contribution in [2.75, 3.05) is 14.1 Å². The number of carboxylic acid groups (broad SMARTS) is 1. The summed E-state index contributed by atoms with van der Waals surface area (Å²) in [6.07, 6.45) is 0. The van der Waals surface area contributed by atoms with E-state index >= 15 is 0 Å². The van der Waals surface area contributed by atoms with Gasteiger partial charge < -0.3 is 15.3 Å². The minimum absolute atomic E-state index is 0.0271. The summed E-state index contributed by atoms with van der Waals surface area (Å²) in [7, 11) is 3.19. The van der Waals surface area contributed by atoms with Crippen LogP contribution in [0.25, 0.3) is 0 Å². The normalized spacial score (nSPS) is 11.5. The summed E-state index contributed by atoms with van der Waals surface area (Å²) in [5.41, 5.74) is 0.234. The van der Waals surface area contributed by atoms with Crippen molar-refractivity contribution in [1.82, 2.24) is 10.2 Å². The maximum atomic E-state index is 11.9. The number of amides is 2. The van der Waals surface area contributed by atoms with Crippen molar-refractivity contribution in [2.24, 2.45) is 0 Å². The molecular weight excluding hydrogens is 248 g/mol. The summed E-state index contributed by atoms with van der Waals surface area (Å²) in [5, 5.41) is 11.4. The van der Waals surface area contributed by atoms with Crippen LogP contribution in [0.3, 0.4) is 0 Å². The Kier molecular flexibility index (Phi) is 4.63. The number of benzene rings is 1. The van der Waals surface area contributed by atoms with E-state index in [1.165, 1.54) is 29.2 Å². The quantitative estimate of drug-likeness (QED) is 0.833. The molecule has 0 saturated carbocycles. The van der Waals surface area contributed by atoms with Gasteiger partial charge >= 0.3 is 5.97 Å². The number of carbonyl (C=O) groups excluding carboxylic acids is 2. The zero-order chi connectivity index (χ0) is 14.6. The minimum atomic E-state index is -1.10. The molecule has 1 aromatic rings. The summed E-state index contributed by atoms with van der Waals surface area (Å²) in [6, 6.07) is 4.97. The van der Waals surface area contributed by atoms with Gasteiger partial charge in [0.05, 0.1) is 5.56 Å². The van der Waals surface area contributed by atoms with Gasteiger partial charge in [-0.15, -0.1) is 0 Å². The first-order chi connectivity index (χ1) is 8.82. The van der Waals surface area contributed by atoms with Crippen LogP contribution in [0, 0.1) is 0 Å². The molecule has 0 aliphatic heterocycles. The van der Waals surface area contributed by atoms with Gasteiger partial charge in [0.2, 0.25) is 5.91 Å². The molecule has 6 heteroatoms. The molecule has 19 heavy (non-hydrogen) atoms. The average molecular weight is 264 g/mol. The highest BCUT2D eigenvalue weighted by Crippen LogP contribution is 2.06. The van der Waals surface area contributed by atoms with E-state index in [0.29, 0.717) is 0 Å². The van der Waals surface area contributed by atoms with Gasteiger partial charge in [0.25, 0.3) is 5.91 Å². The van der Waals surface area contributed by atoms with Crippen molar-refractivity contribution in [2.45, 2.75) is 13.0 Å². The Hall–Kier alpha value is -2.37. The Labute approximate surface area is 111 Å². The van der Waals surface area contributed by atoms with Crippen LogP contribution in [0.1, 0.15) is 27.6 Å². The van der Waals surface area contributed by atoms with E-state index in [2.05, 4.69) is 5.32 Å². The van der Waals surface area contributed by atoms with Gasteiger partial charge in [0, 0.05) is 19.7 Å². The van der Waals surface area contributed by atoms with E-state index in [1.54, 1.807) is 21.0 Å². The molecule has 0 aromatic heterocycles. The molecule has 2 amide bonds. The zero-order valence-corrected chi connectivity index (χ0v) is 11.0. The monoisotopic (exact) mass is 264 g/mol. The fourth-order valence-electron chi connectivity index (χ4n) is 1.52. The van der Waals surface area contributed by atoms with Gasteiger partial charge in [-0.2, -0.15) is 0 Å². The summed E-state index contributed by atoms with van der Waals surface area (Å²) in [6.45, 7) is 1.57. The molecular formula is C13H16N2O4. The standard InChI is InChI=1S/C13H16N2O4/c1-8(12(17)15(2)3)14-11(16)9-5-4-6-10(7-9)13(18)19/h4-8H,1-3H3,(H,14,16)(H,18,19). The van der Waals surface area contributed by atoms with Crippen LogP contribution in [0.15, 0.2) is 24.3 Å². The number of hydrogen-bond acceptors (Lipinski definition) is 3. The summed E-state index contributed by atoms with van der Waals surface area (Å²) in [5.74, 6) is -1.82. The third-order valence-corrected chi connectivity index (χ3v) is 2.53. The number of likely N-dealkylation sites (N-methyl/N-ethyl adjacent to an activating group) is 1. The largest absolute Gasteiger partial charge is 0.478 e. The summed E-state index contributed by atoms with van der Waals surface area (Å²) < 4.78 is 0. The molecule has 1 unspecified atom stereocenters. The first-order valence-electron chi connectivity index (χ1n) is 5.68. The maximum absolute atomic E-state index is 11.9. The number of aromatic carboxylic acids is 1. The molecule has 0 heterocycles. The third-order valence-electron chi connectivity index (χ3n) is 2.53. The van der Waals surface area contributed by atoms with Crippen LogP contribution in [-0.2, 0) is 4.79 Å². The highest BCUT2D eigenvalue weighted by atomic mass is 16.4. The number of rotatable bonds is 4. The van der Waals surface area contributed by atoms with Crippen LogP contribution < -0.4 is 5.32 Å².